The molecule has 2 aromatic carbocycles. The van der Waals surface area contributed by atoms with Crippen LogP contribution >= 0.6 is 0 Å². The first kappa shape index (κ1) is 30.7. The first-order valence-corrected chi connectivity index (χ1v) is 12.7. The van der Waals surface area contributed by atoms with Crippen LogP contribution in [0.2, 0.25) is 0 Å². The number of benzene rings is 2. The van der Waals surface area contributed by atoms with E-state index in [1.54, 1.807) is 13.8 Å². The maximum Gasteiger partial charge on any atom is 0.351 e. The minimum atomic E-state index is -1.98. The van der Waals surface area contributed by atoms with Crippen molar-refractivity contribution in [3.05, 3.63) is 93.8 Å². The van der Waals surface area contributed by atoms with Crippen molar-refractivity contribution in [2.45, 2.75) is 44.5 Å². The van der Waals surface area contributed by atoms with Crippen molar-refractivity contribution in [1.29, 1.82) is 0 Å². The van der Waals surface area contributed by atoms with Crippen LogP contribution < -0.4 is 0 Å². The van der Waals surface area contributed by atoms with Crippen LogP contribution in [0.4, 0.5) is 0 Å². The molecule has 0 saturated carbocycles. The van der Waals surface area contributed by atoms with E-state index in [9.17, 15) is 49.2 Å². The zero-order valence-electron chi connectivity index (χ0n) is 23.2. The molecule has 13 heteroatoms. The molecule has 224 valence electrons. The molecule has 4 N–H and O–H groups in total. The van der Waals surface area contributed by atoms with Crippen molar-refractivity contribution < 1.29 is 63.4 Å². The molecule has 1 heterocycles. The van der Waals surface area contributed by atoms with Crippen LogP contribution in [0.25, 0.3) is 0 Å². The van der Waals surface area contributed by atoms with E-state index in [0.717, 1.165) is 18.2 Å². The van der Waals surface area contributed by atoms with E-state index in [4.69, 9.17) is 14.2 Å². The summed E-state index contributed by atoms with van der Waals surface area (Å²) in [7, 11) is 0. The van der Waals surface area contributed by atoms with Crippen LogP contribution in [-0.4, -0.2) is 61.8 Å². The number of ether oxygens (including phenoxy) is 3. The smallest absolute Gasteiger partial charge is 0.351 e. The Morgan fingerprint density at radius 2 is 1.21 bits per heavy atom. The van der Waals surface area contributed by atoms with Gasteiger partial charge < -0.3 is 34.6 Å². The molecule has 0 radical (unpaired) electrons. The standard InChI is InChI=1S/C30H26O13/c1-28(2,14-5-7-17(22(31)32)19(11-14)24(35)36)42-16-9-10-30(21(13-16)26(39)41-27(30)40)43-29(3,4)15-6-8-18(23(33)34)20(12-15)25(37)38/h5-13,21H,1-4H3,(H,31,32)(H,33,34)(H,35,36)(H,37,38). The van der Waals surface area contributed by atoms with Crippen LogP contribution in [0.5, 0.6) is 0 Å². The number of carboxylic acids is 4. The highest BCUT2D eigenvalue weighted by molar-refractivity contribution is 6.04. The van der Waals surface area contributed by atoms with Gasteiger partial charge in [-0.15, -0.1) is 0 Å². The Labute approximate surface area is 243 Å². The van der Waals surface area contributed by atoms with E-state index >= 15 is 0 Å². The largest absolute Gasteiger partial charge is 0.483 e. The predicted octanol–water partition coefficient (Wildman–Crippen LogP) is 3.58. The third-order valence-corrected chi connectivity index (χ3v) is 7.20. The van der Waals surface area contributed by atoms with Crippen LogP contribution in [0.15, 0.2) is 60.4 Å². The molecule has 0 amide bonds. The van der Waals surface area contributed by atoms with Gasteiger partial charge in [0.15, 0.2) is 0 Å². The van der Waals surface area contributed by atoms with Crippen molar-refractivity contribution in [1.82, 2.24) is 0 Å². The van der Waals surface area contributed by atoms with Gasteiger partial charge in [-0.05, 0) is 81.3 Å². The number of fused-ring (bicyclic) bond motifs is 1. The average Bonchev–Trinajstić information content (AvgIpc) is 3.15. The number of allylic oxidation sites excluding steroid dienone is 1. The maximum atomic E-state index is 13.0. The Bertz CT molecular complexity index is 1660. The van der Waals surface area contributed by atoms with Crippen molar-refractivity contribution in [3.63, 3.8) is 0 Å². The highest BCUT2D eigenvalue weighted by atomic mass is 16.6. The molecule has 13 nitrogen and oxygen atoms in total. The predicted molar refractivity (Wildman–Crippen MR) is 143 cm³/mol. The van der Waals surface area contributed by atoms with Crippen LogP contribution in [0.3, 0.4) is 0 Å². The molecule has 0 aromatic heterocycles. The number of hydrogen-bond acceptors (Lipinski definition) is 9. The molecule has 1 aliphatic heterocycles. The number of rotatable bonds is 10. The van der Waals surface area contributed by atoms with Gasteiger partial charge in [-0.2, -0.15) is 0 Å². The Morgan fingerprint density at radius 1 is 0.744 bits per heavy atom. The van der Waals surface area contributed by atoms with Crippen LogP contribution in [0, 0.1) is 5.92 Å². The number of aromatic carboxylic acids is 4. The van der Waals surface area contributed by atoms with Crippen molar-refractivity contribution in [2.24, 2.45) is 5.92 Å². The molecule has 2 atom stereocenters. The van der Waals surface area contributed by atoms with Crippen molar-refractivity contribution in [2.75, 3.05) is 0 Å². The monoisotopic (exact) mass is 594 g/mol. The third kappa shape index (κ3) is 5.49. The summed E-state index contributed by atoms with van der Waals surface area (Å²) in [6.45, 7) is 6.18. The molecule has 1 saturated heterocycles. The van der Waals surface area contributed by atoms with Gasteiger partial charge in [0, 0.05) is 0 Å². The summed E-state index contributed by atoms with van der Waals surface area (Å²) in [5, 5.41) is 37.7. The molecule has 1 fully saturated rings. The zero-order valence-corrected chi connectivity index (χ0v) is 23.2. The topological polar surface area (TPSA) is 211 Å². The van der Waals surface area contributed by atoms with Gasteiger partial charge in [-0.3, -0.25) is 4.79 Å². The Balaban J connectivity index is 1.67. The highest BCUT2D eigenvalue weighted by Crippen LogP contribution is 2.44. The molecule has 2 aliphatic rings. The first-order valence-electron chi connectivity index (χ1n) is 12.7. The molecule has 0 spiro atoms. The number of carboxylic acid groups (broad SMARTS) is 4. The summed E-state index contributed by atoms with van der Waals surface area (Å²) in [5.41, 5.74) is -5.97. The van der Waals surface area contributed by atoms with Gasteiger partial charge >= 0.3 is 35.8 Å². The number of cyclic esters (lactones) is 2. The van der Waals surface area contributed by atoms with E-state index in [0.29, 0.717) is 5.56 Å². The number of carbonyl (C=O) groups is 6. The van der Waals surface area contributed by atoms with Gasteiger partial charge in [-0.25, -0.2) is 24.0 Å². The zero-order chi connectivity index (χ0) is 32.1. The molecular formula is C30H26O13. The lowest BCUT2D eigenvalue weighted by molar-refractivity contribution is -0.172. The average molecular weight is 595 g/mol. The summed E-state index contributed by atoms with van der Waals surface area (Å²) < 4.78 is 17.2. The van der Waals surface area contributed by atoms with E-state index < -0.39 is 80.8 Å². The normalized spacial score (nSPS) is 19.7. The lowest BCUT2D eigenvalue weighted by Crippen LogP contribution is -2.48. The summed E-state index contributed by atoms with van der Waals surface area (Å²) in [6, 6.07) is 7.26. The maximum absolute atomic E-state index is 13.0. The number of hydrogen-bond donors (Lipinski definition) is 4. The van der Waals surface area contributed by atoms with Crippen molar-refractivity contribution >= 4 is 35.8 Å². The Kier molecular flexibility index (Phi) is 7.49. The fraction of sp³-hybridized carbons (Fsp3) is 0.267. The van der Waals surface area contributed by atoms with Crippen molar-refractivity contribution in [3.8, 4) is 0 Å². The second kappa shape index (κ2) is 10.5. The first-order chi connectivity index (χ1) is 19.9. The highest BCUT2D eigenvalue weighted by Gasteiger charge is 2.60. The second-order valence-corrected chi connectivity index (χ2v) is 10.8. The van der Waals surface area contributed by atoms with Gasteiger partial charge in [-0.1, -0.05) is 12.1 Å². The Morgan fingerprint density at radius 3 is 1.67 bits per heavy atom. The fourth-order valence-corrected chi connectivity index (χ4v) is 4.93. The minimum Gasteiger partial charge on any atom is -0.483 e. The molecule has 4 rings (SSSR count). The van der Waals surface area contributed by atoms with Gasteiger partial charge in [0.25, 0.3) is 0 Å². The molecule has 1 aliphatic carbocycles. The summed E-state index contributed by atoms with van der Waals surface area (Å²) >= 11 is 0. The molecule has 2 aromatic rings. The number of esters is 2. The third-order valence-electron chi connectivity index (χ3n) is 7.20. The van der Waals surface area contributed by atoms with E-state index in [2.05, 4.69) is 0 Å². The molecule has 2 unspecified atom stereocenters. The SMILES string of the molecule is CC(C)(OC1=CC2C(=O)OC(=O)C2(OC(C)(C)c2ccc(C(=O)O)c(C(=O)O)c2)C=C1)c1ccc(C(=O)O)c(C(=O)O)c1. The van der Waals surface area contributed by atoms with Gasteiger partial charge in [0.05, 0.1) is 27.9 Å². The fourth-order valence-electron chi connectivity index (χ4n) is 4.93. The van der Waals surface area contributed by atoms with Gasteiger partial charge in [0.2, 0.25) is 5.60 Å². The number of carbonyl (C=O) groups excluding carboxylic acids is 2. The second-order valence-electron chi connectivity index (χ2n) is 10.8. The van der Waals surface area contributed by atoms with Crippen LogP contribution in [-0.2, 0) is 35.0 Å². The summed E-state index contributed by atoms with van der Waals surface area (Å²) in [6.07, 6.45) is 3.91. The molecule has 43 heavy (non-hydrogen) atoms. The summed E-state index contributed by atoms with van der Waals surface area (Å²) in [5.74, 6) is -9.02. The quantitative estimate of drug-likeness (QED) is 0.229. The molecular weight excluding hydrogens is 568 g/mol. The van der Waals surface area contributed by atoms with Crippen LogP contribution in [0.1, 0.15) is 80.3 Å². The van der Waals surface area contributed by atoms with Gasteiger partial charge in [0.1, 0.15) is 17.3 Å². The van der Waals surface area contributed by atoms with E-state index in [1.807, 2.05) is 0 Å². The Hall–Kier alpha value is -5.30. The summed E-state index contributed by atoms with van der Waals surface area (Å²) in [4.78, 5) is 72.1. The van der Waals surface area contributed by atoms with E-state index in [-0.39, 0.29) is 11.3 Å². The van der Waals surface area contributed by atoms with E-state index in [1.165, 1.54) is 50.3 Å². The molecule has 0 bridgehead atoms. The minimum absolute atomic E-state index is 0.0943. The lowest BCUT2D eigenvalue weighted by atomic mass is 9.83. The lowest BCUT2D eigenvalue weighted by Gasteiger charge is -2.38.